The van der Waals surface area contributed by atoms with Crippen molar-refractivity contribution in [3.05, 3.63) is 0 Å². The summed E-state index contributed by atoms with van der Waals surface area (Å²) in [7, 11) is -1.95. The van der Waals surface area contributed by atoms with Crippen LogP contribution in [0, 0.1) is 0 Å². The SMILES string of the molecule is COP(C)(=O)O.N. The molecule has 4 nitrogen and oxygen atoms in total. The molecule has 0 amide bonds. The molecule has 1 atom stereocenters. The third-order valence-electron chi connectivity index (χ3n) is 0.339. The highest BCUT2D eigenvalue weighted by molar-refractivity contribution is 7.51. The van der Waals surface area contributed by atoms with E-state index in [0.29, 0.717) is 0 Å². The van der Waals surface area contributed by atoms with Crippen LogP contribution in [0.5, 0.6) is 0 Å². The number of rotatable bonds is 1. The maximum Gasteiger partial charge on any atom is 0.324 e. The minimum atomic E-state index is -3.15. The Bertz CT molecular complexity index is 77.0. The van der Waals surface area contributed by atoms with Crippen LogP contribution in [-0.4, -0.2) is 18.7 Å². The quantitative estimate of drug-likeness (QED) is 0.505. The third kappa shape index (κ3) is 10.7. The summed E-state index contributed by atoms with van der Waals surface area (Å²) in [5.74, 6) is 0. The molecule has 0 spiro atoms. The van der Waals surface area contributed by atoms with E-state index in [0.717, 1.165) is 6.66 Å². The van der Waals surface area contributed by atoms with Crippen LogP contribution in [0.4, 0.5) is 0 Å². The lowest BCUT2D eigenvalue weighted by Gasteiger charge is -1.96. The zero-order chi connectivity index (χ0) is 5.21. The minimum Gasteiger partial charge on any atom is -0.344 e. The summed E-state index contributed by atoms with van der Waals surface area (Å²) < 4.78 is 14.0. The van der Waals surface area contributed by atoms with Gasteiger partial charge in [-0.15, -0.1) is 0 Å². The van der Waals surface area contributed by atoms with Gasteiger partial charge in [-0.3, -0.25) is 4.57 Å². The molecule has 0 rings (SSSR count). The van der Waals surface area contributed by atoms with Crippen LogP contribution in [-0.2, 0) is 9.09 Å². The summed E-state index contributed by atoms with van der Waals surface area (Å²) in [6.07, 6.45) is 0. The van der Waals surface area contributed by atoms with Crippen molar-refractivity contribution in [2.45, 2.75) is 0 Å². The van der Waals surface area contributed by atoms with Crippen LogP contribution in [0.15, 0.2) is 0 Å². The maximum atomic E-state index is 9.92. The molecule has 0 bridgehead atoms. The molecule has 0 heterocycles. The summed E-state index contributed by atoms with van der Waals surface area (Å²) in [5.41, 5.74) is 0. The molecule has 0 aromatic rings. The van der Waals surface area contributed by atoms with Gasteiger partial charge in [-0.2, -0.15) is 0 Å². The van der Waals surface area contributed by atoms with Crippen molar-refractivity contribution in [2.75, 3.05) is 13.8 Å². The van der Waals surface area contributed by atoms with Gasteiger partial charge in [0.05, 0.1) is 0 Å². The van der Waals surface area contributed by atoms with Crippen LogP contribution in [0.25, 0.3) is 0 Å². The van der Waals surface area contributed by atoms with E-state index in [2.05, 4.69) is 4.52 Å². The first kappa shape index (κ1) is 10.2. The maximum absolute atomic E-state index is 9.92. The highest BCUT2D eigenvalue weighted by Crippen LogP contribution is 2.34. The Morgan fingerprint density at radius 2 is 1.86 bits per heavy atom. The van der Waals surface area contributed by atoms with Gasteiger partial charge in [0, 0.05) is 13.8 Å². The minimum absolute atomic E-state index is 0. The van der Waals surface area contributed by atoms with Gasteiger partial charge >= 0.3 is 7.60 Å². The van der Waals surface area contributed by atoms with Crippen molar-refractivity contribution in [3.63, 3.8) is 0 Å². The normalized spacial score (nSPS) is 17.0. The van der Waals surface area contributed by atoms with Crippen molar-refractivity contribution in [1.82, 2.24) is 6.15 Å². The standard InChI is InChI=1S/C2H7O3P.H3N/c1-5-6(2,3)4;/h1-2H3,(H,3,4);1H3. The molecule has 4 N–H and O–H groups in total. The fourth-order valence-corrected chi connectivity index (χ4v) is 0. The molecule has 0 aliphatic rings. The topological polar surface area (TPSA) is 81.5 Å². The summed E-state index contributed by atoms with van der Waals surface area (Å²) >= 11 is 0. The van der Waals surface area contributed by atoms with E-state index in [4.69, 9.17) is 4.89 Å². The first-order valence-corrected chi connectivity index (χ1v) is 3.45. The first-order chi connectivity index (χ1) is 2.56. The van der Waals surface area contributed by atoms with Gasteiger partial charge in [0.25, 0.3) is 0 Å². The van der Waals surface area contributed by atoms with E-state index >= 15 is 0 Å². The highest BCUT2D eigenvalue weighted by atomic mass is 31.2. The molecule has 0 aliphatic carbocycles. The van der Waals surface area contributed by atoms with Gasteiger partial charge in [-0.1, -0.05) is 0 Å². The van der Waals surface area contributed by atoms with Crippen LogP contribution in [0.1, 0.15) is 0 Å². The van der Waals surface area contributed by atoms with E-state index < -0.39 is 7.60 Å². The molecular formula is C2H10NO3P. The van der Waals surface area contributed by atoms with Crippen molar-refractivity contribution < 1.29 is 14.0 Å². The van der Waals surface area contributed by atoms with Crippen LogP contribution in [0.2, 0.25) is 0 Å². The van der Waals surface area contributed by atoms with Crippen molar-refractivity contribution in [3.8, 4) is 0 Å². The number of hydrogen-bond donors (Lipinski definition) is 2. The van der Waals surface area contributed by atoms with Gasteiger partial charge in [0.15, 0.2) is 0 Å². The second-order valence-corrected chi connectivity index (χ2v) is 2.96. The Balaban J connectivity index is 0. The molecule has 46 valence electrons. The molecule has 0 aromatic carbocycles. The second kappa shape index (κ2) is 3.16. The molecule has 1 unspecified atom stereocenters. The molecule has 0 saturated heterocycles. The average Bonchev–Trinajstić information content (AvgIpc) is 1.35. The fraction of sp³-hybridized carbons (Fsp3) is 1.00. The summed E-state index contributed by atoms with van der Waals surface area (Å²) in [6.45, 7) is 1.13. The Morgan fingerprint density at radius 1 is 1.71 bits per heavy atom. The van der Waals surface area contributed by atoms with Crippen molar-refractivity contribution >= 4 is 7.60 Å². The predicted molar refractivity (Wildman–Crippen MR) is 27.8 cm³/mol. The van der Waals surface area contributed by atoms with E-state index in [1.165, 1.54) is 7.11 Å². The molecule has 0 aliphatic heterocycles. The molecule has 0 saturated carbocycles. The molecule has 5 heteroatoms. The lowest BCUT2D eigenvalue weighted by molar-refractivity contribution is 0.322. The summed E-state index contributed by atoms with van der Waals surface area (Å²) in [5, 5.41) is 0. The van der Waals surface area contributed by atoms with Gasteiger partial charge in [0.1, 0.15) is 0 Å². The third-order valence-corrected chi connectivity index (χ3v) is 1.02. The van der Waals surface area contributed by atoms with Crippen molar-refractivity contribution in [2.24, 2.45) is 0 Å². The first-order valence-electron chi connectivity index (χ1n) is 1.42. The van der Waals surface area contributed by atoms with Crippen LogP contribution >= 0.6 is 7.60 Å². The van der Waals surface area contributed by atoms with Crippen LogP contribution < -0.4 is 6.15 Å². The summed E-state index contributed by atoms with van der Waals surface area (Å²) in [4.78, 5) is 8.16. The largest absolute Gasteiger partial charge is 0.344 e. The Hall–Kier alpha value is 0.110. The Kier molecular flexibility index (Phi) is 4.58. The van der Waals surface area contributed by atoms with E-state index in [-0.39, 0.29) is 6.15 Å². The predicted octanol–water partition coefficient (Wildman–Crippen LogP) is 0.610. The monoisotopic (exact) mass is 127 g/mol. The Morgan fingerprint density at radius 3 is 1.86 bits per heavy atom. The Labute approximate surface area is 42.6 Å². The lowest BCUT2D eigenvalue weighted by atomic mass is 11.8. The van der Waals surface area contributed by atoms with Gasteiger partial charge in [0.2, 0.25) is 0 Å². The van der Waals surface area contributed by atoms with Gasteiger partial charge < -0.3 is 15.6 Å². The fourth-order valence-electron chi connectivity index (χ4n) is 0. The molecule has 0 fully saturated rings. The van der Waals surface area contributed by atoms with Crippen LogP contribution in [0.3, 0.4) is 0 Å². The van der Waals surface area contributed by atoms with E-state index in [1.54, 1.807) is 0 Å². The molecule has 0 radical (unpaired) electrons. The average molecular weight is 127 g/mol. The van der Waals surface area contributed by atoms with E-state index in [9.17, 15) is 4.57 Å². The zero-order valence-corrected chi connectivity index (χ0v) is 5.31. The highest BCUT2D eigenvalue weighted by Gasteiger charge is 2.02. The van der Waals surface area contributed by atoms with Crippen molar-refractivity contribution in [1.29, 1.82) is 0 Å². The van der Waals surface area contributed by atoms with Gasteiger partial charge in [-0.25, -0.2) is 0 Å². The molecule has 7 heavy (non-hydrogen) atoms. The lowest BCUT2D eigenvalue weighted by Crippen LogP contribution is -1.75. The second-order valence-electron chi connectivity index (χ2n) is 0.986. The smallest absolute Gasteiger partial charge is 0.324 e. The molecule has 0 aromatic heterocycles. The van der Waals surface area contributed by atoms with E-state index in [1.807, 2.05) is 0 Å². The van der Waals surface area contributed by atoms with Gasteiger partial charge in [-0.05, 0) is 0 Å². The summed E-state index contributed by atoms with van der Waals surface area (Å²) in [6, 6.07) is 0. The zero-order valence-electron chi connectivity index (χ0n) is 4.42. The molecular weight excluding hydrogens is 117 g/mol. The number of hydrogen-bond acceptors (Lipinski definition) is 3.